The number of carbonyl (C=O) groups excluding carboxylic acids is 4. The van der Waals surface area contributed by atoms with E-state index in [4.69, 9.17) is 69.2 Å². The van der Waals surface area contributed by atoms with Gasteiger partial charge in [-0.3, -0.25) is 20.0 Å². The minimum atomic E-state index is -4.08. The zero-order valence-corrected chi connectivity index (χ0v) is 47.2. The fourth-order valence-electron chi connectivity index (χ4n) is 7.01. The van der Waals surface area contributed by atoms with Gasteiger partial charge in [0.15, 0.2) is 0 Å². The van der Waals surface area contributed by atoms with E-state index in [1.165, 1.54) is 12.1 Å². The molecule has 4 amide bonds. The zero-order chi connectivity index (χ0) is 68.3. The Hall–Kier alpha value is -5.41. The summed E-state index contributed by atoms with van der Waals surface area (Å²) in [7, 11) is 3.14. The molecule has 4 atom stereocenters. The van der Waals surface area contributed by atoms with Crippen molar-refractivity contribution in [2.75, 3.05) is 153 Å². The van der Waals surface area contributed by atoms with Crippen LogP contribution in [0.4, 0.5) is 9.59 Å². The molecule has 3 aromatic rings. The molecule has 3 rings (SSSR count). The molecule has 2 aromatic carbocycles. The number of alkyl carbamates (subject to hydrolysis) is 2. The third-order valence-corrected chi connectivity index (χ3v) is 11.2. The molecule has 1 aromatic heterocycles. The summed E-state index contributed by atoms with van der Waals surface area (Å²) < 4.78 is 159. The molecule has 5 N–H and O–H groups in total. The number of pyridine rings is 1. The quantitative estimate of drug-likeness (QED) is 0.0389. The maximum absolute atomic E-state index is 15.0. The minimum Gasteiger partial charge on any atom is -0.447 e. The smallest absolute Gasteiger partial charge is 0.407 e. The second-order valence-corrected chi connectivity index (χ2v) is 18.8. The van der Waals surface area contributed by atoms with E-state index < -0.39 is 106 Å². The standard InChI is InChI=1S/C58H92N6O17/c1-57(2,3)51(61-55(68)80-40-38-78-36-34-76-32-30-74-28-26-72-24-22-70-7)53(66)60-49(42-45-14-10-9-11-15-45)50(65)44-64(43-46-17-19-47(20-18-46)48-16-12-13-21-59-48)63-54(67)52(58(4,5)6)62-56(69)81-41-39-79-37-35-77-33-31-75-29-27-73-25-23-71-8/h9-21,49-52,65H,22-44H2,1-8H3,(H,60,66)(H,61,68)(H,62,69)(H,63,67)/t49-,50-,51+,52+/m0/s1/i1D3,2D3,3D3,43D2. The lowest BCUT2D eigenvalue weighted by atomic mass is 9.85. The predicted molar refractivity (Wildman–Crippen MR) is 302 cm³/mol. The third kappa shape index (κ3) is 32.1. The van der Waals surface area contributed by atoms with Crippen LogP contribution < -0.4 is 21.4 Å². The van der Waals surface area contributed by atoms with Gasteiger partial charge >= 0.3 is 12.2 Å². The Bertz CT molecular complexity index is 2510. The van der Waals surface area contributed by atoms with E-state index in [2.05, 4.69) is 21.0 Å². The van der Waals surface area contributed by atoms with Gasteiger partial charge < -0.3 is 77.9 Å². The van der Waals surface area contributed by atoms with E-state index in [-0.39, 0.29) is 65.0 Å². The molecular formula is C58H92N6O17. The van der Waals surface area contributed by atoms with Crippen molar-refractivity contribution in [1.29, 1.82) is 0 Å². The van der Waals surface area contributed by atoms with Gasteiger partial charge in [-0.2, -0.15) is 0 Å². The second-order valence-electron chi connectivity index (χ2n) is 18.8. The van der Waals surface area contributed by atoms with Gasteiger partial charge in [-0.25, -0.2) is 14.6 Å². The van der Waals surface area contributed by atoms with E-state index >= 15 is 4.79 Å². The summed E-state index contributed by atoms with van der Waals surface area (Å²) in [6.07, 6.45) is -3.56. The molecule has 0 radical (unpaired) electrons. The third-order valence-electron chi connectivity index (χ3n) is 11.2. The molecule has 456 valence electrons. The van der Waals surface area contributed by atoms with Crippen LogP contribution in [0, 0.1) is 10.8 Å². The lowest BCUT2D eigenvalue weighted by molar-refractivity contribution is -0.132. The summed E-state index contributed by atoms with van der Waals surface area (Å²) in [6.45, 7) is -7.40. The number of hydrogen-bond donors (Lipinski definition) is 5. The summed E-state index contributed by atoms with van der Waals surface area (Å²) in [5.74, 6) is -2.75. The number of aliphatic hydroxyl groups is 1. The maximum Gasteiger partial charge on any atom is 0.407 e. The molecule has 0 unspecified atom stereocenters. The van der Waals surface area contributed by atoms with Crippen LogP contribution in [-0.4, -0.2) is 216 Å². The van der Waals surface area contributed by atoms with Crippen LogP contribution in [0.1, 0.15) is 67.5 Å². The molecule has 0 saturated carbocycles. The van der Waals surface area contributed by atoms with Gasteiger partial charge in [0.05, 0.1) is 140 Å². The molecule has 1 heterocycles. The summed E-state index contributed by atoms with van der Waals surface area (Å²) in [5.41, 5.74) is -1.27. The van der Waals surface area contributed by atoms with Gasteiger partial charge in [0.2, 0.25) is 5.91 Å². The molecule has 0 aliphatic heterocycles. The van der Waals surface area contributed by atoms with Crippen molar-refractivity contribution in [1.82, 2.24) is 31.4 Å². The van der Waals surface area contributed by atoms with E-state index in [0.717, 1.165) is 0 Å². The molecule has 0 aliphatic rings. The van der Waals surface area contributed by atoms with Gasteiger partial charge in [0, 0.05) is 51.4 Å². The van der Waals surface area contributed by atoms with Crippen molar-refractivity contribution in [2.24, 2.45) is 10.8 Å². The Labute approximate surface area is 494 Å². The average Bonchev–Trinajstić information content (AvgIpc) is 0.709. The summed E-state index contributed by atoms with van der Waals surface area (Å²) in [5, 5.41) is 20.0. The zero-order valence-electron chi connectivity index (χ0n) is 58.2. The highest BCUT2D eigenvalue weighted by Crippen LogP contribution is 2.23. The first-order chi connectivity index (χ1) is 43.5. The Morgan fingerprint density at radius 2 is 0.975 bits per heavy atom. The van der Waals surface area contributed by atoms with Crippen LogP contribution in [0.3, 0.4) is 0 Å². The topological polar surface area (TPSA) is 264 Å². The fraction of sp³-hybridized carbons (Fsp3) is 0.638. The Balaban J connectivity index is 1.93. The van der Waals surface area contributed by atoms with Crippen LogP contribution >= 0.6 is 0 Å². The van der Waals surface area contributed by atoms with Crippen molar-refractivity contribution < 1.29 is 96.2 Å². The number of benzene rings is 2. The Morgan fingerprint density at radius 1 is 0.543 bits per heavy atom. The van der Waals surface area contributed by atoms with Crippen LogP contribution in [0.15, 0.2) is 79.0 Å². The van der Waals surface area contributed by atoms with Crippen LogP contribution in [0.25, 0.3) is 11.3 Å². The second kappa shape index (κ2) is 41.6. The van der Waals surface area contributed by atoms with Gasteiger partial charge in [-0.15, -0.1) is 0 Å². The van der Waals surface area contributed by atoms with Gasteiger partial charge in [0.25, 0.3) is 5.91 Å². The van der Waals surface area contributed by atoms with Crippen LogP contribution in [0.2, 0.25) is 0 Å². The van der Waals surface area contributed by atoms with Crippen molar-refractivity contribution in [2.45, 2.75) is 78.5 Å². The van der Waals surface area contributed by atoms with Crippen molar-refractivity contribution in [3.8, 4) is 11.3 Å². The molecule has 23 heteroatoms. The first-order valence-corrected chi connectivity index (χ1v) is 26.6. The van der Waals surface area contributed by atoms with Gasteiger partial charge in [-0.1, -0.05) is 102 Å². The number of nitrogens with zero attached hydrogens (tertiary/aromatic N) is 2. The lowest BCUT2D eigenvalue weighted by Crippen LogP contribution is -2.61. The average molecular weight is 1160 g/mol. The number of aromatic nitrogens is 1. The van der Waals surface area contributed by atoms with E-state index in [1.54, 1.807) is 102 Å². The number of ether oxygens (including phenoxy) is 12. The lowest BCUT2D eigenvalue weighted by Gasteiger charge is -2.36. The normalized spacial score (nSPS) is 15.9. The number of amides is 4. The van der Waals surface area contributed by atoms with Gasteiger partial charge in [-0.05, 0) is 40.5 Å². The summed E-state index contributed by atoms with van der Waals surface area (Å²) in [4.78, 5) is 60.9. The minimum absolute atomic E-state index is 0.00590. The largest absolute Gasteiger partial charge is 0.447 e. The van der Waals surface area contributed by atoms with Crippen LogP contribution in [-0.2, 0) is 79.3 Å². The van der Waals surface area contributed by atoms with E-state index in [0.29, 0.717) is 87.9 Å². The number of carbonyl (C=O) groups is 4. The SMILES string of the molecule is [2H]C([2H])(c1ccc(-c2ccccn2)cc1)N(C[C@H](O)[C@H](Cc1ccccc1)NC(=O)[C@@H](NC(=O)OCCOCCOCCOCCOCCOC)C(C([2H])([2H])[2H])(C([2H])([2H])[2H])C([2H])([2H])[2H])NC(=O)[C@@H](NC(=O)OCCOCCOCCOCCOCCOC)C(C)(C)C. The molecule has 23 nitrogen and oxygen atoms in total. The Morgan fingerprint density at radius 3 is 1.40 bits per heavy atom. The molecule has 81 heavy (non-hydrogen) atoms. The molecule has 0 saturated heterocycles. The van der Waals surface area contributed by atoms with Crippen molar-refractivity contribution >= 4 is 24.0 Å². The van der Waals surface area contributed by atoms with Crippen molar-refractivity contribution in [3.05, 3.63) is 90.1 Å². The fourth-order valence-corrected chi connectivity index (χ4v) is 7.01. The molecular weight excluding hydrogens is 1050 g/mol. The van der Waals surface area contributed by atoms with Gasteiger partial charge in [0.1, 0.15) is 25.3 Å². The highest BCUT2D eigenvalue weighted by Gasteiger charge is 2.37. The Kier molecular flexibility index (Phi) is 27.5. The number of nitrogens with one attached hydrogen (secondary N) is 4. The number of hydrogen-bond acceptors (Lipinski definition) is 19. The summed E-state index contributed by atoms with van der Waals surface area (Å²) in [6, 6.07) is 12.9. The van der Waals surface area contributed by atoms with Crippen molar-refractivity contribution in [3.63, 3.8) is 0 Å². The monoisotopic (exact) mass is 1160 g/mol. The highest BCUT2D eigenvalue weighted by molar-refractivity contribution is 5.87. The number of methoxy groups -OCH3 is 2. The van der Waals surface area contributed by atoms with E-state index in [9.17, 15) is 22.2 Å². The molecule has 0 fully saturated rings. The first-order valence-electron chi connectivity index (χ1n) is 32.1. The number of rotatable bonds is 44. The first kappa shape index (κ1) is 53.6. The molecule has 0 spiro atoms. The number of aliphatic hydroxyl groups excluding tert-OH is 1. The van der Waals surface area contributed by atoms with Crippen LogP contribution in [0.5, 0.6) is 0 Å². The predicted octanol–water partition coefficient (Wildman–Crippen LogP) is 4.38. The summed E-state index contributed by atoms with van der Waals surface area (Å²) >= 11 is 0. The van der Waals surface area contributed by atoms with E-state index in [1.807, 2.05) is 5.32 Å². The highest BCUT2D eigenvalue weighted by atomic mass is 16.6. The number of hydrazine groups is 1. The maximum atomic E-state index is 15.0. The molecule has 0 bridgehead atoms. The molecule has 0 aliphatic carbocycles.